The maximum atomic E-state index is 3.68. The molecule has 0 spiro atoms. The summed E-state index contributed by atoms with van der Waals surface area (Å²) < 4.78 is 0. The second kappa shape index (κ2) is 5.83. The van der Waals surface area contributed by atoms with Gasteiger partial charge in [-0.05, 0) is 5.57 Å². The van der Waals surface area contributed by atoms with Gasteiger partial charge in [-0.1, -0.05) is 56.2 Å². The van der Waals surface area contributed by atoms with Crippen molar-refractivity contribution >= 4 is 0 Å². The zero-order chi connectivity index (χ0) is 7.82. The third-order valence-electron chi connectivity index (χ3n) is 0.898. The molecule has 0 nitrogen and oxygen atoms in total. The lowest BCUT2D eigenvalue weighted by Gasteiger charge is -1.71. The molecular weight excluding hydrogens is 120 g/mol. The molecule has 0 heterocycles. The molecule has 1 aliphatic carbocycles. The molecule has 0 aromatic rings. The van der Waals surface area contributed by atoms with Crippen LogP contribution in [0.25, 0.3) is 0 Å². The van der Waals surface area contributed by atoms with E-state index in [2.05, 4.69) is 19.7 Å². The van der Waals surface area contributed by atoms with Gasteiger partial charge in [0.1, 0.15) is 0 Å². The summed E-state index contributed by atoms with van der Waals surface area (Å²) in [7, 11) is 0. The Morgan fingerprint density at radius 3 is 1.50 bits per heavy atom. The Hall–Kier alpha value is -1.30. The molecule has 0 aromatic heterocycles. The normalized spacial score (nSPS) is 12.2. The van der Waals surface area contributed by atoms with Crippen molar-refractivity contribution in [3.63, 3.8) is 0 Å². The molecule has 0 N–H and O–H groups in total. The summed E-state index contributed by atoms with van der Waals surface area (Å²) in [6.07, 6.45) is 11.2. The summed E-state index contributed by atoms with van der Waals surface area (Å²) in [5.74, 6) is 0. The van der Waals surface area contributed by atoms with Gasteiger partial charge in [0, 0.05) is 0 Å². The van der Waals surface area contributed by atoms with Gasteiger partial charge in [-0.3, -0.25) is 0 Å². The van der Waals surface area contributed by atoms with Crippen LogP contribution < -0.4 is 0 Å². The first-order valence-electron chi connectivity index (χ1n) is 3.08. The molecule has 0 fully saturated rings. The highest BCUT2D eigenvalue weighted by Crippen LogP contribution is 2.01. The first kappa shape index (κ1) is 8.70. The van der Waals surface area contributed by atoms with Crippen LogP contribution in [-0.4, -0.2) is 0 Å². The molecule has 1 aliphatic rings. The minimum Gasteiger partial charge on any atom is -0.0991 e. The average Bonchev–Trinajstić information content (AvgIpc) is 2.40. The SMILES string of the molecule is C=C1C=CC=C1.C=CC=C. The summed E-state index contributed by atoms with van der Waals surface area (Å²) >= 11 is 0. The zero-order valence-corrected chi connectivity index (χ0v) is 6.09. The van der Waals surface area contributed by atoms with E-state index < -0.39 is 0 Å². The average molecular weight is 132 g/mol. The van der Waals surface area contributed by atoms with E-state index in [1.54, 1.807) is 12.2 Å². The van der Waals surface area contributed by atoms with Crippen LogP contribution >= 0.6 is 0 Å². The molecule has 0 bridgehead atoms. The fraction of sp³-hybridized carbons (Fsp3) is 0. The largest absolute Gasteiger partial charge is 0.0991 e. The van der Waals surface area contributed by atoms with Gasteiger partial charge >= 0.3 is 0 Å². The van der Waals surface area contributed by atoms with E-state index in [1.807, 2.05) is 24.3 Å². The zero-order valence-electron chi connectivity index (χ0n) is 6.09. The van der Waals surface area contributed by atoms with Gasteiger partial charge in [-0.25, -0.2) is 0 Å². The minimum atomic E-state index is 1.09. The molecule has 0 aromatic carbocycles. The lowest BCUT2D eigenvalue weighted by Crippen LogP contribution is -1.50. The monoisotopic (exact) mass is 132 g/mol. The van der Waals surface area contributed by atoms with Crippen molar-refractivity contribution in [2.45, 2.75) is 0 Å². The van der Waals surface area contributed by atoms with Crippen molar-refractivity contribution in [2.24, 2.45) is 0 Å². The van der Waals surface area contributed by atoms with Crippen molar-refractivity contribution < 1.29 is 0 Å². The molecule has 0 amide bonds. The topological polar surface area (TPSA) is 0 Å². The Bertz CT molecular complexity index is 160. The van der Waals surface area contributed by atoms with Crippen LogP contribution in [0, 0.1) is 0 Å². The van der Waals surface area contributed by atoms with Crippen molar-refractivity contribution in [1.29, 1.82) is 0 Å². The van der Waals surface area contributed by atoms with Gasteiger partial charge in [0.05, 0.1) is 0 Å². The Balaban J connectivity index is 0.000000180. The van der Waals surface area contributed by atoms with Crippen LogP contribution in [0.4, 0.5) is 0 Å². The highest BCUT2D eigenvalue weighted by Gasteiger charge is 1.80. The van der Waals surface area contributed by atoms with Gasteiger partial charge in [-0.15, -0.1) is 0 Å². The molecule has 0 aliphatic heterocycles. The summed E-state index contributed by atoms with van der Waals surface area (Å²) in [6, 6.07) is 0. The summed E-state index contributed by atoms with van der Waals surface area (Å²) in [6.45, 7) is 10.4. The minimum absolute atomic E-state index is 1.09. The summed E-state index contributed by atoms with van der Waals surface area (Å²) in [5.41, 5.74) is 1.09. The van der Waals surface area contributed by atoms with E-state index in [0.717, 1.165) is 5.57 Å². The molecule has 0 unspecified atom stereocenters. The number of hydrogen-bond donors (Lipinski definition) is 0. The van der Waals surface area contributed by atoms with Crippen LogP contribution in [-0.2, 0) is 0 Å². The second-order valence-corrected chi connectivity index (χ2v) is 1.76. The fourth-order valence-electron chi connectivity index (χ4n) is 0.414. The lowest BCUT2D eigenvalue weighted by atomic mass is 10.4. The number of rotatable bonds is 1. The van der Waals surface area contributed by atoms with Gasteiger partial charge in [0.25, 0.3) is 0 Å². The van der Waals surface area contributed by atoms with Crippen LogP contribution in [0.3, 0.4) is 0 Å². The van der Waals surface area contributed by atoms with Gasteiger partial charge in [0.15, 0.2) is 0 Å². The number of allylic oxidation sites excluding steroid dienone is 7. The van der Waals surface area contributed by atoms with Gasteiger partial charge < -0.3 is 0 Å². The molecule has 0 heteroatoms. The van der Waals surface area contributed by atoms with Crippen molar-refractivity contribution in [3.8, 4) is 0 Å². The van der Waals surface area contributed by atoms with E-state index in [-0.39, 0.29) is 0 Å². The van der Waals surface area contributed by atoms with E-state index in [4.69, 9.17) is 0 Å². The van der Waals surface area contributed by atoms with E-state index in [9.17, 15) is 0 Å². The number of hydrogen-bond acceptors (Lipinski definition) is 0. The highest BCUT2D eigenvalue weighted by molar-refractivity contribution is 5.37. The molecule has 0 atom stereocenters. The quantitative estimate of drug-likeness (QED) is 0.481. The maximum Gasteiger partial charge on any atom is -0.0329 e. The predicted octanol–water partition coefficient (Wildman–Crippen LogP) is 3.03. The van der Waals surface area contributed by atoms with Crippen molar-refractivity contribution in [1.82, 2.24) is 0 Å². The highest BCUT2D eigenvalue weighted by atomic mass is 13.9. The Morgan fingerprint density at radius 1 is 1.00 bits per heavy atom. The van der Waals surface area contributed by atoms with Gasteiger partial charge in [0.2, 0.25) is 0 Å². The van der Waals surface area contributed by atoms with Crippen LogP contribution in [0.2, 0.25) is 0 Å². The maximum absolute atomic E-state index is 3.68. The van der Waals surface area contributed by atoms with Crippen molar-refractivity contribution in [2.75, 3.05) is 0 Å². The van der Waals surface area contributed by atoms with Crippen molar-refractivity contribution in [3.05, 3.63) is 61.8 Å². The molecule has 10 heavy (non-hydrogen) atoms. The second-order valence-electron chi connectivity index (χ2n) is 1.76. The first-order valence-corrected chi connectivity index (χ1v) is 3.08. The van der Waals surface area contributed by atoms with E-state index >= 15 is 0 Å². The van der Waals surface area contributed by atoms with Crippen LogP contribution in [0.15, 0.2) is 61.8 Å². The molecule has 1 rings (SSSR count). The predicted molar refractivity (Wildman–Crippen MR) is 47.8 cm³/mol. The van der Waals surface area contributed by atoms with Gasteiger partial charge in [-0.2, -0.15) is 0 Å². The fourth-order valence-corrected chi connectivity index (χ4v) is 0.414. The lowest BCUT2D eigenvalue weighted by molar-refractivity contribution is 1.85. The Labute approximate surface area is 62.6 Å². The Morgan fingerprint density at radius 2 is 1.40 bits per heavy atom. The molecular formula is C10H12. The smallest absolute Gasteiger partial charge is 0.0329 e. The van der Waals surface area contributed by atoms with Crippen LogP contribution in [0.5, 0.6) is 0 Å². The van der Waals surface area contributed by atoms with E-state index in [1.165, 1.54) is 0 Å². The Kier molecular flexibility index (Phi) is 5.07. The molecule has 0 saturated carbocycles. The third kappa shape index (κ3) is 4.85. The summed E-state index contributed by atoms with van der Waals surface area (Å²) in [4.78, 5) is 0. The first-order chi connectivity index (χ1) is 4.81. The van der Waals surface area contributed by atoms with E-state index in [0.29, 0.717) is 0 Å². The molecule has 52 valence electrons. The standard InChI is InChI=1S/C6H6.C4H6/c1-6-4-2-3-5-6;1-3-4-2/h2-5H,1H2;3-4H,1-2H2. The summed E-state index contributed by atoms with van der Waals surface area (Å²) in [5, 5.41) is 0. The third-order valence-corrected chi connectivity index (χ3v) is 0.898. The van der Waals surface area contributed by atoms with Crippen LogP contribution in [0.1, 0.15) is 0 Å². The molecule has 0 saturated heterocycles. The molecule has 0 radical (unpaired) electrons.